The Morgan fingerprint density at radius 2 is 2.28 bits per heavy atom. The van der Waals surface area contributed by atoms with Gasteiger partial charge in [-0.2, -0.15) is 0 Å². The molecule has 1 aliphatic rings. The molecule has 1 aliphatic heterocycles. The first-order valence-electron chi connectivity index (χ1n) is 4.93. The maximum absolute atomic E-state index is 10.8. The van der Waals surface area contributed by atoms with Gasteiger partial charge in [-0.3, -0.25) is 0 Å². The molecule has 3 rings (SSSR count). The van der Waals surface area contributed by atoms with Crippen LogP contribution in [0, 0.1) is 0 Å². The predicted molar refractivity (Wildman–Crippen MR) is 65.6 cm³/mol. The highest BCUT2D eigenvalue weighted by Crippen LogP contribution is 2.42. The van der Waals surface area contributed by atoms with Crippen LogP contribution in [0.4, 0.5) is 0 Å². The SMILES string of the molecule is O=C(O)c1csc(-c2cc(Cl)c3c(c2)OCO3)n1. The molecule has 0 bridgehead atoms. The number of aromatic carboxylic acids is 1. The summed E-state index contributed by atoms with van der Waals surface area (Å²) in [4.78, 5) is 14.8. The fourth-order valence-electron chi connectivity index (χ4n) is 1.60. The average Bonchev–Trinajstić information content (AvgIpc) is 2.97. The highest BCUT2D eigenvalue weighted by Gasteiger charge is 2.20. The largest absolute Gasteiger partial charge is 0.476 e. The summed E-state index contributed by atoms with van der Waals surface area (Å²) in [6.45, 7) is 0.136. The minimum Gasteiger partial charge on any atom is -0.476 e. The molecule has 0 amide bonds. The van der Waals surface area contributed by atoms with Crippen LogP contribution in [0.5, 0.6) is 11.5 Å². The van der Waals surface area contributed by atoms with Crippen molar-refractivity contribution < 1.29 is 19.4 Å². The number of hydrogen-bond acceptors (Lipinski definition) is 5. The fourth-order valence-corrected chi connectivity index (χ4v) is 2.64. The van der Waals surface area contributed by atoms with Gasteiger partial charge < -0.3 is 14.6 Å². The van der Waals surface area contributed by atoms with Crippen LogP contribution in [0.2, 0.25) is 5.02 Å². The van der Waals surface area contributed by atoms with Crippen molar-refractivity contribution in [2.75, 3.05) is 6.79 Å². The maximum atomic E-state index is 10.8. The standard InChI is InChI=1S/C11H6ClNO4S/c12-6-1-5(2-8-9(6)17-4-16-8)10-13-7(3-18-10)11(14)15/h1-3H,4H2,(H,14,15). The molecule has 0 saturated carbocycles. The molecular formula is C11H6ClNO4S. The average molecular weight is 284 g/mol. The molecule has 5 nitrogen and oxygen atoms in total. The lowest BCUT2D eigenvalue weighted by Crippen LogP contribution is -1.95. The number of carbonyl (C=O) groups is 1. The Labute approximate surface area is 111 Å². The molecule has 0 saturated heterocycles. The third-order valence-corrected chi connectivity index (χ3v) is 3.57. The number of benzene rings is 1. The van der Waals surface area contributed by atoms with Gasteiger partial charge in [0.15, 0.2) is 17.2 Å². The van der Waals surface area contributed by atoms with Crippen LogP contribution in [0.25, 0.3) is 10.6 Å². The summed E-state index contributed by atoms with van der Waals surface area (Å²) in [5.41, 5.74) is 0.727. The summed E-state index contributed by atoms with van der Waals surface area (Å²) in [5.74, 6) is 0.00402. The van der Waals surface area contributed by atoms with E-state index in [0.717, 1.165) is 0 Å². The highest BCUT2D eigenvalue weighted by molar-refractivity contribution is 7.13. The van der Waals surface area contributed by atoms with Crippen LogP contribution in [-0.2, 0) is 0 Å². The molecular weight excluding hydrogens is 278 g/mol. The Morgan fingerprint density at radius 1 is 1.44 bits per heavy atom. The van der Waals surface area contributed by atoms with E-state index in [0.29, 0.717) is 27.1 Å². The third-order valence-electron chi connectivity index (χ3n) is 2.40. The van der Waals surface area contributed by atoms with Crippen molar-refractivity contribution in [1.82, 2.24) is 4.98 Å². The van der Waals surface area contributed by atoms with Crippen molar-refractivity contribution in [3.63, 3.8) is 0 Å². The van der Waals surface area contributed by atoms with Crippen LogP contribution >= 0.6 is 22.9 Å². The second-order valence-corrected chi connectivity index (χ2v) is 4.80. The predicted octanol–water partition coefficient (Wildman–Crippen LogP) is 2.89. The summed E-state index contributed by atoms with van der Waals surface area (Å²) >= 11 is 7.29. The number of aromatic nitrogens is 1. The van der Waals surface area contributed by atoms with Gasteiger partial charge in [-0.05, 0) is 12.1 Å². The third kappa shape index (κ3) is 1.79. The van der Waals surface area contributed by atoms with Gasteiger partial charge in [0.05, 0.1) is 5.02 Å². The van der Waals surface area contributed by atoms with Gasteiger partial charge in [0.2, 0.25) is 6.79 Å². The van der Waals surface area contributed by atoms with Crippen molar-refractivity contribution in [1.29, 1.82) is 0 Å². The van der Waals surface area contributed by atoms with Crippen LogP contribution in [0.15, 0.2) is 17.5 Å². The van der Waals surface area contributed by atoms with Gasteiger partial charge in [0, 0.05) is 10.9 Å². The molecule has 18 heavy (non-hydrogen) atoms. The van der Waals surface area contributed by atoms with E-state index in [1.54, 1.807) is 12.1 Å². The van der Waals surface area contributed by atoms with E-state index in [4.69, 9.17) is 26.2 Å². The van der Waals surface area contributed by atoms with Crippen LogP contribution in [0.1, 0.15) is 10.5 Å². The van der Waals surface area contributed by atoms with E-state index < -0.39 is 5.97 Å². The molecule has 0 atom stereocenters. The van der Waals surface area contributed by atoms with Crippen molar-refractivity contribution in [3.05, 3.63) is 28.2 Å². The lowest BCUT2D eigenvalue weighted by atomic mass is 10.2. The minimum atomic E-state index is -1.05. The number of rotatable bonds is 2. The molecule has 1 aromatic carbocycles. The zero-order valence-electron chi connectivity index (χ0n) is 8.84. The van der Waals surface area contributed by atoms with Crippen molar-refractivity contribution in [2.45, 2.75) is 0 Å². The van der Waals surface area contributed by atoms with Gasteiger partial charge in [-0.15, -0.1) is 11.3 Å². The van der Waals surface area contributed by atoms with E-state index in [2.05, 4.69) is 4.98 Å². The van der Waals surface area contributed by atoms with Gasteiger partial charge >= 0.3 is 5.97 Å². The van der Waals surface area contributed by atoms with E-state index in [9.17, 15) is 4.79 Å². The molecule has 92 valence electrons. The van der Waals surface area contributed by atoms with E-state index in [-0.39, 0.29) is 12.5 Å². The lowest BCUT2D eigenvalue weighted by molar-refractivity contribution is 0.0691. The number of fused-ring (bicyclic) bond motifs is 1. The minimum absolute atomic E-state index is 0.0174. The molecule has 0 aliphatic carbocycles. The van der Waals surface area contributed by atoms with Crippen LogP contribution in [-0.4, -0.2) is 22.9 Å². The molecule has 0 unspecified atom stereocenters. The molecule has 0 spiro atoms. The van der Waals surface area contributed by atoms with Crippen molar-refractivity contribution in [2.24, 2.45) is 0 Å². The number of thiazole rings is 1. The number of halogens is 1. The molecule has 2 aromatic rings. The first kappa shape index (κ1) is 11.3. The monoisotopic (exact) mass is 283 g/mol. The smallest absolute Gasteiger partial charge is 0.355 e. The Hall–Kier alpha value is -1.79. The molecule has 0 radical (unpaired) electrons. The number of hydrogen-bond donors (Lipinski definition) is 1. The summed E-state index contributed by atoms with van der Waals surface area (Å²) in [5, 5.41) is 11.3. The molecule has 2 heterocycles. The van der Waals surface area contributed by atoms with E-state index in [1.807, 2.05) is 0 Å². The zero-order valence-corrected chi connectivity index (χ0v) is 10.4. The first-order valence-corrected chi connectivity index (χ1v) is 6.19. The fraction of sp³-hybridized carbons (Fsp3) is 0.0909. The first-order chi connectivity index (χ1) is 8.65. The lowest BCUT2D eigenvalue weighted by Gasteiger charge is -2.02. The topological polar surface area (TPSA) is 68.7 Å². The second-order valence-electron chi connectivity index (χ2n) is 3.53. The molecule has 7 heteroatoms. The van der Waals surface area contributed by atoms with Crippen LogP contribution < -0.4 is 9.47 Å². The Morgan fingerprint density at radius 3 is 3.00 bits per heavy atom. The van der Waals surface area contributed by atoms with Gasteiger partial charge in [-0.1, -0.05) is 11.6 Å². The number of nitrogens with zero attached hydrogens (tertiary/aromatic N) is 1. The summed E-state index contributed by atoms with van der Waals surface area (Å²) < 4.78 is 10.4. The quantitative estimate of drug-likeness (QED) is 0.918. The Kier molecular flexibility index (Phi) is 2.61. The summed E-state index contributed by atoms with van der Waals surface area (Å²) in [7, 11) is 0. The Bertz CT molecular complexity index is 640. The highest BCUT2D eigenvalue weighted by atomic mass is 35.5. The maximum Gasteiger partial charge on any atom is 0.355 e. The van der Waals surface area contributed by atoms with E-state index in [1.165, 1.54) is 16.7 Å². The summed E-state index contributed by atoms with van der Waals surface area (Å²) in [6, 6.07) is 3.41. The Balaban J connectivity index is 2.06. The number of carboxylic acid groups (broad SMARTS) is 1. The molecule has 1 aromatic heterocycles. The molecule has 1 N–H and O–H groups in total. The van der Waals surface area contributed by atoms with Gasteiger partial charge in [-0.25, -0.2) is 9.78 Å². The van der Waals surface area contributed by atoms with Crippen LogP contribution in [0.3, 0.4) is 0 Å². The van der Waals surface area contributed by atoms with Crippen molar-refractivity contribution >= 4 is 28.9 Å². The normalized spacial score (nSPS) is 12.7. The van der Waals surface area contributed by atoms with Crippen molar-refractivity contribution in [3.8, 4) is 22.1 Å². The summed E-state index contributed by atoms with van der Waals surface area (Å²) in [6.07, 6.45) is 0. The molecule has 0 fully saturated rings. The second kappa shape index (κ2) is 4.15. The van der Waals surface area contributed by atoms with Gasteiger partial charge in [0.1, 0.15) is 5.01 Å². The zero-order chi connectivity index (χ0) is 12.7. The number of ether oxygens (including phenoxy) is 2. The van der Waals surface area contributed by atoms with Gasteiger partial charge in [0.25, 0.3) is 0 Å². The van der Waals surface area contributed by atoms with E-state index >= 15 is 0 Å². The number of carboxylic acids is 1.